The Morgan fingerprint density at radius 1 is 1.02 bits per heavy atom. The molecule has 1 saturated heterocycles. The van der Waals surface area contributed by atoms with Gasteiger partial charge in [-0.05, 0) is 86.8 Å². The Kier molecular flexibility index (Phi) is 14.3. The molecule has 1 amide bonds. The second-order valence-electron chi connectivity index (χ2n) is 17.1. The van der Waals surface area contributed by atoms with Gasteiger partial charge >= 0.3 is 11.9 Å². The van der Waals surface area contributed by atoms with Crippen LogP contribution in [0.2, 0.25) is 0 Å². The van der Waals surface area contributed by atoms with E-state index in [2.05, 4.69) is 22.9 Å². The molecule has 0 spiro atoms. The van der Waals surface area contributed by atoms with E-state index in [9.17, 15) is 29.4 Å². The van der Waals surface area contributed by atoms with Crippen LogP contribution in [-0.2, 0) is 52.1 Å². The molecule has 1 fully saturated rings. The van der Waals surface area contributed by atoms with Crippen LogP contribution in [0.15, 0.2) is 65.5 Å². The van der Waals surface area contributed by atoms with Gasteiger partial charge < -0.3 is 54.4 Å². The van der Waals surface area contributed by atoms with E-state index in [1.807, 2.05) is 44.2 Å². The lowest BCUT2D eigenvalue weighted by Gasteiger charge is -2.40. The number of hydrogen-bond acceptors (Lipinski definition) is 13. The van der Waals surface area contributed by atoms with Crippen molar-refractivity contribution >= 4 is 51.8 Å². The molecule has 2 aromatic carbocycles. The number of fused-ring (bicyclic) bond motifs is 5. The van der Waals surface area contributed by atoms with Crippen molar-refractivity contribution in [1.82, 2.24) is 20.2 Å². The molecule has 0 saturated carbocycles. The van der Waals surface area contributed by atoms with Gasteiger partial charge in [-0.15, -0.1) is 0 Å². The van der Waals surface area contributed by atoms with Crippen LogP contribution < -0.4 is 26.2 Å². The zero-order valence-electron chi connectivity index (χ0n) is 36.9. The number of nitrogens with zero attached hydrogens (tertiary/aromatic N) is 2. The molecule has 0 radical (unpaired) electrons. The van der Waals surface area contributed by atoms with E-state index in [1.54, 1.807) is 48.7 Å². The topological polar surface area (TPSA) is 209 Å². The lowest BCUT2D eigenvalue weighted by Crippen LogP contribution is -2.59. The molecule has 0 bridgehead atoms. The zero-order valence-corrected chi connectivity index (χ0v) is 37.7. The molecule has 5 N–H and O–H groups in total. The third kappa shape index (κ3) is 9.49. The largest absolute Gasteiger partial charge is 0.462 e. The van der Waals surface area contributed by atoms with Crippen LogP contribution in [0.5, 0.6) is 5.75 Å². The van der Waals surface area contributed by atoms with E-state index in [4.69, 9.17) is 40.9 Å². The number of benzene rings is 2. The van der Waals surface area contributed by atoms with Gasteiger partial charge in [-0.3, -0.25) is 9.59 Å². The summed E-state index contributed by atoms with van der Waals surface area (Å²) >= 11 is 5.66. The maximum absolute atomic E-state index is 14.4. The summed E-state index contributed by atoms with van der Waals surface area (Å²) < 4.78 is 30.2. The number of carbonyl (C=O) groups is 3. The summed E-state index contributed by atoms with van der Waals surface area (Å²) in [7, 11) is 1.39. The fourth-order valence-corrected chi connectivity index (χ4v) is 8.86. The summed E-state index contributed by atoms with van der Waals surface area (Å²) in [6, 6.07) is 16.1. The Morgan fingerprint density at radius 2 is 1.77 bits per heavy atom. The van der Waals surface area contributed by atoms with E-state index in [0.717, 1.165) is 29.3 Å². The van der Waals surface area contributed by atoms with Crippen LogP contribution in [0.4, 0.5) is 5.69 Å². The number of ether oxygens (including phenoxy) is 5. The number of para-hydroxylation sites is 1. The molecule has 342 valence electrons. The number of aliphatic hydroxyl groups is 2. The van der Waals surface area contributed by atoms with Gasteiger partial charge in [0.15, 0.2) is 5.11 Å². The second kappa shape index (κ2) is 19.7. The van der Waals surface area contributed by atoms with E-state index in [0.29, 0.717) is 42.2 Å². The molecule has 2 unspecified atom stereocenters. The highest BCUT2D eigenvalue weighted by atomic mass is 32.1. The number of thiocarbonyl (C=S) groups is 1. The van der Waals surface area contributed by atoms with E-state index < -0.39 is 66.2 Å². The van der Waals surface area contributed by atoms with E-state index in [-0.39, 0.29) is 47.2 Å². The van der Waals surface area contributed by atoms with Gasteiger partial charge in [-0.2, -0.15) is 0 Å². The Balaban J connectivity index is 1.07. The highest BCUT2D eigenvalue weighted by Gasteiger charge is 2.51. The SMILES string of the molecule is CCCCC[C@H](NC(=S)Nc1ccc(OC2O[C@@H](C)[C@@H](O)[C@@H](OC)[C@@H]2O)cc1)C(=O)NC(CC(C)C)C(=O)O[C@]1(CC)C(=O)OCc2c1cc1n(c2=O)Cc2cc3ccccc3nc2-1. The molecule has 7 rings (SSSR count). The fourth-order valence-electron chi connectivity index (χ4n) is 8.60. The number of esters is 2. The summed E-state index contributed by atoms with van der Waals surface area (Å²) in [5.41, 5.74) is 1.46. The molecule has 5 heterocycles. The van der Waals surface area contributed by atoms with E-state index >= 15 is 0 Å². The lowest BCUT2D eigenvalue weighted by atomic mass is 9.85. The molecule has 3 aliphatic heterocycles. The van der Waals surface area contributed by atoms with Gasteiger partial charge in [0.1, 0.15) is 42.8 Å². The molecule has 16 nitrogen and oxygen atoms in total. The molecule has 3 aliphatic rings. The number of rotatable bonds is 16. The molecule has 17 heteroatoms. The molecule has 64 heavy (non-hydrogen) atoms. The lowest BCUT2D eigenvalue weighted by molar-refractivity contribution is -0.272. The first-order valence-electron chi connectivity index (χ1n) is 21.9. The number of methoxy groups -OCH3 is 1. The third-order valence-corrected chi connectivity index (χ3v) is 12.3. The number of anilines is 1. The Morgan fingerprint density at radius 3 is 2.47 bits per heavy atom. The van der Waals surface area contributed by atoms with Gasteiger partial charge in [0.25, 0.3) is 5.56 Å². The van der Waals surface area contributed by atoms with Crippen molar-refractivity contribution in [3.63, 3.8) is 0 Å². The van der Waals surface area contributed by atoms with Crippen LogP contribution in [0.25, 0.3) is 22.3 Å². The van der Waals surface area contributed by atoms with E-state index in [1.165, 1.54) is 7.11 Å². The average molecular weight is 900 g/mol. The standard InChI is InChI=1S/C47H57N5O11S/c1-7-9-10-15-34(51-46(64)48-29-16-18-30(19-17-29)62-44-39(54)40(59-6)38(53)26(5)61-44)41(55)50-35(20-25(3)4)43(57)63-47(8-2)32-22-36-37-28(21-27-13-11-12-14-33(27)49-37)23-52(36)42(56)31(32)24-60-45(47)58/h11-14,16-19,21-22,25-26,34-35,38-40,44,53-54H,7-10,15,20,23-24H2,1-6H3,(H,50,55)(H2,48,51,64)/t26-,34-,35?,38+,39-,40+,44?,47-/m0/s1. The third-order valence-electron chi connectivity index (χ3n) is 12.1. The summed E-state index contributed by atoms with van der Waals surface area (Å²) in [6.45, 7) is 9.23. The number of aromatic nitrogens is 2. The van der Waals surface area contributed by atoms with Crippen LogP contribution in [0, 0.1) is 5.92 Å². The van der Waals surface area contributed by atoms with Crippen molar-refractivity contribution in [2.45, 2.75) is 135 Å². The molecular formula is C47H57N5O11S. The van der Waals surface area contributed by atoms with Gasteiger partial charge in [0.05, 0.1) is 35.1 Å². The van der Waals surface area contributed by atoms with Gasteiger partial charge in [-0.1, -0.05) is 65.2 Å². The summed E-state index contributed by atoms with van der Waals surface area (Å²) in [6.07, 6.45) is -1.84. The summed E-state index contributed by atoms with van der Waals surface area (Å²) in [5, 5.41) is 31.1. The van der Waals surface area contributed by atoms with Crippen molar-refractivity contribution in [1.29, 1.82) is 0 Å². The molecule has 4 aromatic rings. The first kappa shape index (κ1) is 46.5. The quantitative estimate of drug-likeness (QED) is 0.0504. The number of pyridine rings is 2. The number of hydrogen-bond donors (Lipinski definition) is 5. The normalized spacial score (nSPS) is 23.3. The predicted molar refractivity (Wildman–Crippen MR) is 241 cm³/mol. The Hall–Kier alpha value is -5.46. The van der Waals surface area contributed by atoms with Crippen LogP contribution >= 0.6 is 12.2 Å². The van der Waals surface area contributed by atoms with Gasteiger partial charge in [-0.25, -0.2) is 14.6 Å². The second-order valence-corrected chi connectivity index (χ2v) is 17.5. The number of cyclic esters (lactones) is 1. The molecule has 2 aromatic heterocycles. The molecular weight excluding hydrogens is 843 g/mol. The molecule has 0 aliphatic carbocycles. The highest BCUT2D eigenvalue weighted by molar-refractivity contribution is 7.80. The Labute approximate surface area is 377 Å². The van der Waals surface area contributed by atoms with Crippen LogP contribution in [-0.4, -0.2) is 92.6 Å². The van der Waals surface area contributed by atoms with Crippen molar-refractivity contribution < 1.29 is 48.3 Å². The Bertz CT molecular complexity index is 2440. The minimum Gasteiger partial charge on any atom is -0.462 e. The van der Waals surface area contributed by atoms with Crippen LogP contribution in [0.1, 0.15) is 89.8 Å². The summed E-state index contributed by atoms with van der Waals surface area (Å²) in [4.78, 5) is 61.4. The van der Waals surface area contributed by atoms with Gasteiger partial charge in [0, 0.05) is 29.3 Å². The number of unbranched alkanes of at least 4 members (excludes halogenated alkanes) is 2. The smallest absolute Gasteiger partial charge is 0.355 e. The maximum atomic E-state index is 14.4. The minimum atomic E-state index is -1.96. The summed E-state index contributed by atoms with van der Waals surface area (Å²) in [5.74, 6) is -1.83. The maximum Gasteiger partial charge on any atom is 0.355 e. The minimum absolute atomic E-state index is 0.0318. The number of carbonyl (C=O) groups excluding carboxylic acids is 3. The van der Waals surface area contributed by atoms with Crippen molar-refractivity contribution in [2.75, 3.05) is 12.4 Å². The number of nitrogens with one attached hydrogen (secondary N) is 3. The zero-order chi connectivity index (χ0) is 45.9. The number of amides is 1. The molecule has 8 atom stereocenters. The predicted octanol–water partition coefficient (Wildman–Crippen LogP) is 4.96. The fraction of sp³-hybridized carbons (Fsp3) is 0.489. The monoisotopic (exact) mass is 899 g/mol. The average Bonchev–Trinajstić information content (AvgIpc) is 3.63. The first-order valence-corrected chi connectivity index (χ1v) is 22.3. The van der Waals surface area contributed by atoms with Crippen LogP contribution in [0.3, 0.4) is 0 Å². The van der Waals surface area contributed by atoms with Crippen molar-refractivity contribution in [3.8, 4) is 17.1 Å². The van der Waals surface area contributed by atoms with Crippen molar-refractivity contribution in [2.24, 2.45) is 5.92 Å². The van der Waals surface area contributed by atoms with Gasteiger partial charge in [0.2, 0.25) is 17.8 Å². The first-order chi connectivity index (χ1) is 30.7. The number of aliphatic hydroxyl groups excluding tert-OH is 2. The van der Waals surface area contributed by atoms with Crippen molar-refractivity contribution in [3.05, 3.63) is 87.7 Å². The highest BCUT2D eigenvalue weighted by Crippen LogP contribution is 2.41.